The van der Waals surface area contributed by atoms with Crippen LogP contribution in [0.3, 0.4) is 0 Å². The number of thiazole rings is 1. The molecule has 0 spiro atoms. The Morgan fingerprint density at radius 1 is 1.10 bits per heavy atom. The Balaban J connectivity index is 1.36. The molecule has 156 valence electrons. The molecule has 1 aromatic carbocycles. The third kappa shape index (κ3) is 4.73. The highest BCUT2D eigenvalue weighted by Crippen LogP contribution is 2.32. The number of aryl methyl sites for hydroxylation is 4. The molecule has 0 amide bonds. The molecule has 1 atom stereocenters. The number of rotatable bonds is 8. The molecule has 0 bridgehead atoms. The molecule has 0 aliphatic carbocycles. The Morgan fingerprint density at radius 3 is 2.57 bits per heavy atom. The Labute approximate surface area is 185 Å². The van der Waals surface area contributed by atoms with Crippen LogP contribution in [0.5, 0.6) is 0 Å². The molecule has 1 unspecified atom stereocenters. The van der Waals surface area contributed by atoms with Crippen molar-refractivity contribution in [1.82, 2.24) is 20.1 Å². The summed E-state index contributed by atoms with van der Waals surface area (Å²) in [6.07, 6.45) is 10.0. The minimum atomic E-state index is 0.610. The summed E-state index contributed by atoms with van der Waals surface area (Å²) in [7, 11) is 0. The molecule has 7 heteroatoms. The highest BCUT2D eigenvalue weighted by atomic mass is 32.2. The van der Waals surface area contributed by atoms with Crippen molar-refractivity contribution in [3.63, 3.8) is 0 Å². The van der Waals surface area contributed by atoms with Gasteiger partial charge in [0.15, 0.2) is 0 Å². The van der Waals surface area contributed by atoms with Gasteiger partial charge in [-0.1, -0.05) is 18.1 Å². The predicted octanol–water partition coefficient (Wildman–Crippen LogP) is 6.28. The van der Waals surface area contributed by atoms with Crippen LogP contribution in [0.4, 0.5) is 0 Å². The zero-order chi connectivity index (χ0) is 21.1. The van der Waals surface area contributed by atoms with E-state index in [-0.39, 0.29) is 0 Å². The monoisotopic (exact) mass is 438 g/mol. The summed E-state index contributed by atoms with van der Waals surface area (Å²) in [6, 6.07) is 6.43. The van der Waals surface area contributed by atoms with E-state index in [4.69, 9.17) is 9.51 Å². The van der Waals surface area contributed by atoms with Gasteiger partial charge in [-0.05, 0) is 63.0 Å². The van der Waals surface area contributed by atoms with Gasteiger partial charge in [-0.2, -0.15) is 0 Å². The lowest BCUT2D eigenvalue weighted by Gasteiger charge is -2.09. The van der Waals surface area contributed by atoms with E-state index in [0.29, 0.717) is 5.92 Å². The fourth-order valence-corrected chi connectivity index (χ4v) is 4.94. The molecule has 4 rings (SSSR count). The predicted molar refractivity (Wildman–Crippen MR) is 124 cm³/mol. The number of hydrogen-bond donors (Lipinski definition) is 0. The molecule has 3 heterocycles. The first kappa shape index (κ1) is 21.0. The molecule has 0 saturated carbocycles. The van der Waals surface area contributed by atoms with Gasteiger partial charge in [0.1, 0.15) is 11.6 Å². The Morgan fingerprint density at radius 2 is 1.87 bits per heavy atom. The van der Waals surface area contributed by atoms with Crippen LogP contribution in [0.1, 0.15) is 42.1 Å². The maximum Gasteiger partial charge on any atom is 0.141 e. The van der Waals surface area contributed by atoms with Crippen LogP contribution in [-0.2, 0) is 12.8 Å². The van der Waals surface area contributed by atoms with E-state index in [1.54, 1.807) is 23.1 Å². The van der Waals surface area contributed by atoms with Gasteiger partial charge in [0.05, 0.1) is 20.9 Å². The van der Waals surface area contributed by atoms with Crippen LogP contribution < -0.4 is 0 Å². The Bertz CT molecular complexity index is 1110. The lowest BCUT2D eigenvalue weighted by atomic mass is 10.00. The first-order valence-electron chi connectivity index (χ1n) is 10.2. The number of aromatic nitrogens is 4. The van der Waals surface area contributed by atoms with Crippen molar-refractivity contribution in [1.29, 1.82) is 0 Å². The van der Waals surface area contributed by atoms with Gasteiger partial charge >= 0.3 is 0 Å². The van der Waals surface area contributed by atoms with E-state index in [1.165, 1.54) is 9.71 Å². The molecule has 0 radical (unpaired) electrons. The maximum absolute atomic E-state index is 5.33. The van der Waals surface area contributed by atoms with Crippen LogP contribution in [0, 0.1) is 19.8 Å². The standard InChI is InChI=1S/C23H26N4OS2/c1-14(5-9-21-24-12-18(29-4)13-25-21)6-10-22-26-19-8-7-17(11-20(19)30-22)23-15(2)27-28-16(23)3/h7-8,11-14H,5-6,9-10H2,1-4H3. The topological polar surface area (TPSA) is 64.7 Å². The van der Waals surface area contributed by atoms with Gasteiger partial charge in [-0.15, -0.1) is 23.1 Å². The number of thioether (sulfide) groups is 1. The molecule has 4 aromatic rings. The second-order valence-electron chi connectivity index (χ2n) is 7.71. The van der Waals surface area contributed by atoms with Crippen molar-refractivity contribution in [3.8, 4) is 11.1 Å². The highest BCUT2D eigenvalue weighted by Gasteiger charge is 2.14. The van der Waals surface area contributed by atoms with Gasteiger partial charge in [-0.25, -0.2) is 15.0 Å². The van der Waals surface area contributed by atoms with Crippen molar-refractivity contribution in [2.24, 2.45) is 5.92 Å². The highest BCUT2D eigenvalue weighted by molar-refractivity contribution is 7.98. The summed E-state index contributed by atoms with van der Waals surface area (Å²) in [5, 5.41) is 5.28. The van der Waals surface area contributed by atoms with Crippen LogP contribution in [-0.4, -0.2) is 26.4 Å². The quantitative estimate of drug-likeness (QED) is 0.302. The lowest BCUT2D eigenvalue weighted by molar-refractivity contribution is 0.393. The number of benzene rings is 1. The molecule has 30 heavy (non-hydrogen) atoms. The third-order valence-electron chi connectivity index (χ3n) is 5.38. The second kappa shape index (κ2) is 9.27. The summed E-state index contributed by atoms with van der Waals surface area (Å²) in [5.41, 5.74) is 4.24. The first-order chi connectivity index (χ1) is 14.5. The van der Waals surface area contributed by atoms with E-state index in [2.05, 4.69) is 40.2 Å². The lowest BCUT2D eigenvalue weighted by Crippen LogP contribution is -2.02. The van der Waals surface area contributed by atoms with Gasteiger partial charge in [0, 0.05) is 29.3 Å². The van der Waals surface area contributed by atoms with E-state index >= 15 is 0 Å². The fourth-order valence-electron chi connectivity index (χ4n) is 3.60. The van der Waals surface area contributed by atoms with Crippen LogP contribution in [0.2, 0.25) is 0 Å². The van der Waals surface area contributed by atoms with Crippen LogP contribution in [0.25, 0.3) is 21.3 Å². The van der Waals surface area contributed by atoms with E-state index in [1.807, 2.05) is 32.5 Å². The average Bonchev–Trinajstić information content (AvgIpc) is 3.32. The summed E-state index contributed by atoms with van der Waals surface area (Å²) >= 11 is 3.46. The minimum absolute atomic E-state index is 0.610. The second-order valence-corrected chi connectivity index (χ2v) is 9.71. The van der Waals surface area contributed by atoms with Crippen molar-refractivity contribution >= 4 is 33.3 Å². The zero-order valence-electron chi connectivity index (χ0n) is 17.8. The van der Waals surface area contributed by atoms with Crippen LogP contribution in [0.15, 0.2) is 40.0 Å². The van der Waals surface area contributed by atoms with Crippen molar-refractivity contribution in [2.45, 2.75) is 51.3 Å². The maximum atomic E-state index is 5.33. The molecule has 0 aliphatic heterocycles. The molecule has 5 nitrogen and oxygen atoms in total. The molecule has 0 saturated heterocycles. The molecule has 0 N–H and O–H groups in total. The average molecular weight is 439 g/mol. The van der Waals surface area contributed by atoms with Crippen molar-refractivity contribution in [2.75, 3.05) is 6.26 Å². The molecule has 0 aliphatic rings. The Kier molecular flexibility index (Phi) is 6.49. The summed E-state index contributed by atoms with van der Waals surface area (Å²) in [6.45, 7) is 6.25. The number of nitrogens with zero attached hydrogens (tertiary/aromatic N) is 4. The van der Waals surface area contributed by atoms with Crippen molar-refractivity contribution < 1.29 is 4.52 Å². The van der Waals surface area contributed by atoms with Gasteiger partial charge in [0.2, 0.25) is 0 Å². The number of hydrogen-bond acceptors (Lipinski definition) is 7. The van der Waals surface area contributed by atoms with Gasteiger partial charge in [-0.3, -0.25) is 0 Å². The third-order valence-corrected chi connectivity index (χ3v) is 7.14. The van der Waals surface area contributed by atoms with E-state index in [0.717, 1.165) is 64.5 Å². The minimum Gasteiger partial charge on any atom is -0.361 e. The smallest absolute Gasteiger partial charge is 0.141 e. The van der Waals surface area contributed by atoms with Crippen molar-refractivity contribution in [3.05, 3.63) is 52.9 Å². The molecular weight excluding hydrogens is 412 g/mol. The summed E-state index contributed by atoms with van der Waals surface area (Å²) in [5.74, 6) is 2.41. The SMILES string of the molecule is CSc1cnc(CCC(C)CCc2nc3ccc(-c4c(C)noc4C)cc3s2)nc1. The zero-order valence-corrected chi connectivity index (χ0v) is 19.4. The fraction of sp³-hybridized carbons (Fsp3) is 0.391. The normalized spacial score (nSPS) is 12.5. The summed E-state index contributed by atoms with van der Waals surface area (Å²) < 4.78 is 6.55. The van der Waals surface area contributed by atoms with E-state index in [9.17, 15) is 0 Å². The van der Waals surface area contributed by atoms with Gasteiger partial charge < -0.3 is 4.52 Å². The summed E-state index contributed by atoms with van der Waals surface area (Å²) in [4.78, 5) is 14.9. The molecule has 3 aromatic heterocycles. The number of fused-ring (bicyclic) bond motifs is 1. The largest absolute Gasteiger partial charge is 0.361 e. The first-order valence-corrected chi connectivity index (χ1v) is 12.2. The molecular formula is C23H26N4OS2. The molecule has 0 fully saturated rings. The van der Waals surface area contributed by atoms with Crippen LogP contribution >= 0.6 is 23.1 Å². The Hall–Kier alpha value is -2.25. The van der Waals surface area contributed by atoms with Gasteiger partial charge in [0.25, 0.3) is 0 Å². The van der Waals surface area contributed by atoms with E-state index < -0.39 is 0 Å².